The molecule has 0 spiro atoms. The van der Waals surface area contributed by atoms with Crippen LogP contribution in [-0.4, -0.2) is 52.8 Å². The van der Waals surface area contributed by atoms with Gasteiger partial charge in [0.15, 0.2) is 0 Å². The van der Waals surface area contributed by atoms with Gasteiger partial charge in [-0.25, -0.2) is 4.79 Å². The maximum absolute atomic E-state index is 13.4. The lowest BCUT2D eigenvalue weighted by Crippen LogP contribution is -2.54. The minimum atomic E-state index is -0.975. The van der Waals surface area contributed by atoms with Crippen LogP contribution in [0.4, 0.5) is 4.79 Å². The maximum Gasteiger partial charge on any atom is 0.408 e. The molecule has 0 heterocycles. The highest BCUT2D eigenvalue weighted by Gasteiger charge is 2.35. The van der Waals surface area contributed by atoms with Crippen molar-refractivity contribution in [3.8, 4) is 0 Å². The van der Waals surface area contributed by atoms with Gasteiger partial charge in [0.05, 0.1) is 0 Å². The van der Waals surface area contributed by atoms with E-state index >= 15 is 0 Å². The predicted octanol–water partition coefficient (Wildman–Crippen LogP) is 3.40. The summed E-state index contributed by atoms with van der Waals surface area (Å²) in [5.74, 6) is -0.727. The highest BCUT2D eigenvalue weighted by atomic mass is 32.1. The van der Waals surface area contributed by atoms with Crippen LogP contribution in [-0.2, 0) is 14.3 Å². The molecule has 0 aliphatic carbocycles. The average molecular weight is 450 g/mol. The number of carbonyl (C=O) groups excluding carboxylic acids is 3. The second-order valence-corrected chi connectivity index (χ2v) is 9.01. The number of hydrogen-bond donors (Lipinski definition) is 3. The van der Waals surface area contributed by atoms with E-state index in [-0.39, 0.29) is 24.2 Å². The van der Waals surface area contributed by atoms with Gasteiger partial charge in [0, 0.05) is 18.3 Å². The molecule has 0 saturated carbocycles. The van der Waals surface area contributed by atoms with Crippen molar-refractivity contribution < 1.29 is 19.1 Å². The molecule has 0 aliphatic heterocycles. The van der Waals surface area contributed by atoms with Crippen LogP contribution in [0.25, 0.3) is 0 Å². The lowest BCUT2D eigenvalue weighted by Gasteiger charge is -2.34. The second-order valence-electron chi connectivity index (χ2n) is 8.64. The first-order valence-electron chi connectivity index (χ1n) is 10.3. The van der Waals surface area contributed by atoms with E-state index in [9.17, 15) is 14.4 Å². The SMILES string of the molecule is C=CCN(C(=O)C(CS)NC(=O)OC(C)(C)C)C(C(=O)NC(C)C)c1cccc(C)c1. The molecule has 0 bridgehead atoms. The van der Waals surface area contributed by atoms with Crippen LogP contribution >= 0.6 is 12.6 Å². The number of hydrogen-bond acceptors (Lipinski definition) is 5. The van der Waals surface area contributed by atoms with Gasteiger partial charge in [-0.05, 0) is 47.1 Å². The number of carbonyl (C=O) groups is 3. The second kappa shape index (κ2) is 11.8. The molecular weight excluding hydrogens is 414 g/mol. The first kappa shape index (κ1) is 26.6. The van der Waals surface area contributed by atoms with E-state index in [4.69, 9.17) is 4.74 Å². The third-order valence-electron chi connectivity index (χ3n) is 4.13. The predicted molar refractivity (Wildman–Crippen MR) is 126 cm³/mol. The van der Waals surface area contributed by atoms with Crippen molar-refractivity contribution in [1.29, 1.82) is 0 Å². The van der Waals surface area contributed by atoms with Crippen molar-refractivity contribution in [1.82, 2.24) is 15.5 Å². The Morgan fingerprint density at radius 2 is 1.87 bits per heavy atom. The van der Waals surface area contributed by atoms with Crippen LogP contribution < -0.4 is 10.6 Å². The van der Waals surface area contributed by atoms with Gasteiger partial charge in [0.2, 0.25) is 11.8 Å². The van der Waals surface area contributed by atoms with Gasteiger partial charge in [-0.15, -0.1) is 6.58 Å². The zero-order valence-electron chi connectivity index (χ0n) is 19.3. The standard InChI is InChI=1S/C23H35N3O4S/c1-8-12-26(21(28)18(14-31)25-22(29)30-23(5,6)7)19(20(27)24-15(2)3)17-11-9-10-16(4)13-17/h8-11,13,15,18-19,31H,1,12,14H2,2-7H3,(H,24,27)(H,25,29). The molecule has 2 unspecified atom stereocenters. The fourth-order valence-electron chi connectivity index (χ4n) is 2.97. The molecule has 7 nitrogen and oxygen atoms in total. The lowest BCUT2D eigenvalue weighted by atomic mass is 10.0. The molecule has 31 heavy (non-hydrogen) atoms. The van der Waals surface area contributed by atoms with Crippen LogP contribution in [0.2, 0.25) is 0 Å². The minimum Gasteiger partial charge on any atom is -0.444 e. The fraction of sp³-hybridized carbons (Fsp3) is 0.522. The Balaban J connectivity index is 3.31. The van der Waals surface area contributed by atoms with Crippen molar-refractivity contribution >= 4 is 30.5 Å². The smallest absolute Gasteiger partial charge is 0.408 e. The zero-order valence-corrected chi connectivity index (χ0v) is 20.2. The Kier molecular flexibility index (Phi) is 10.1. The first-order valence-corrected chi connectivity index (χ1v) is 10.9. The van der Waals surface area contributed by atoms with Crippen molar-refractivity contribution in [3.05, 3.63) is 48.0 Å². The lowest BCUT2D eigenvalue weighted by molar-refractivity contribution is -0.141. The third kappa shape index (κ3) is 8.65. The van der Waals surface area contributed by atoms with E-state index in [1.165, 1.54) is 4.90 Å². The summed E-state index contributed by atoms with van der Waals surface area (Å²) >= 11 is 4.24. The Bertz CT molecular complexity index is 789. The van der Waals surface area contributed by atoms with E-state index in [1.807, 2.05) is 39.0 Å². The van der Waals surface area contributed by atoms with Gasteiger partial charge in [-0.1, -0.05) is 35.9 Å². The van der Waals surface area contributed by atoms with Gasteiger partial charge >= 0.3 is 6.09 Å². The summed E-state index contributed by atoms with van der Waals surface area (Å²) in [4.78, 5) is 40.2. The van der Waals surface area contributed by atoms with Crippen LogP contribution in [0.3, 0.4) is 0 Å². The van der Waals surface area contributed by atoms with E-state index < -0.39 is 29.7 Å². The van der Waals surface area contributed by atoms with Crippen LogP contribution in [0.5, 0.6) is 0 Å². The number of amides is 3. The summed E-state index contributed by atoms with van der Waals surface area (Å²) in [7, 11) is 0. The number of nitrogens with one attached hydrogen (secondary N) is 2. The molecule has 0 radical (unpaired) electrons. The molecule has 0 aliphatic rings. The summed E-state index contributed by atoms with van der Waals surface area (Å²) in [5, 5.41) is 5.45. The van der Waals surface area contributed by atoms with Crippen LogP contribution in [0.15, 0.2) is 36.9 Å². The van der Waals surface area contributed by atoms with Crippen LogP contribution in [0.1, 0.15) is 51.8 Å². The summed E-state index contributed by atoms with van der Waals surface area (Å²) in [5.41, 5.74) is 0.920. The highest BCUT2D eigenvalue weighted by Crippen LogP contribution is 2.24. The van der Waals surface area contributed by atoms with E-state index in [0.717, 1.165) is 5.56 Å². The van der Waals surface area contributed by atoms with Gasteiger partial charge in [-0.3, -0.25) is 9.59 Å². The molecular formula is C23H35N3O4S. The number of ether oxygens (including phenoxy) is 1. The molecule has 1 aromatic rings. The van der Waals surface area contributed by atoms with E-state index in [1.54, 1.807) is 32.9 Å². The monoisotopic (exact) mass is 449 g/mol. The number of rotatable bonds is 9. The molecule has 172 valence electrons. The molecule has 0 aromatic heterocycles. The zero-order chi connectivity index (χ0) is 23.8. The fourth-order valence-corrected chi connectivity index (χ4v) is 3.22. The molecule has 0 saturated heterocycles. The molecule has 1 rings (SSSR count). The maximum atomic E-state index is 13.4. The molecule has 3 amide bonds. The first-order chi connectivity index (χ1) is 14.4. The largest absolute Gasteiger partial charge is 0.444 e. The van der Waals surface area contributed by atoms with Gasteiger partial charge in [0.25, 0.3) is 0 Å². The summed E-state index contributed by atoms with van der Waals surface area (Å²) < 4.78 is 5.27. The quantitative estimate of drug-likeness (QED) is 0.398. The van der Waals surface area contributed by atoms with Crippen molar-refractivity contribution in [2.24, 2.45) is 0 Å². The Morgan fingerprint density at radius 1 is 1.23 bits per heavy atom. The number of benzene rings is 1. The minimum absolute atomic E-state index is 0.0397. The molecule has 1 aromatic carbocycles. The Morgan fingerprint density at radius 3 is 2.35 bits per heavy atom. The highest BCUT2D eigenvalue weighted by molar-refractivity contribution is 7.80. The van der Waals surface area contributed by atoms with Crippen molar-refractivity contribution in [2.45, 2.75) is 65.3 Å². The van der Waals surface area contributed by atoms with Gasteiger partial charge in [0.1, 0.15) is 17.7 Å². The number of aryl methyl sites for hydroxylation is 1. The molecule has 2 atom stereocenters. The number of alkyl carbamates (subject to hydrolysis) is 1. The van der Waals surface area contributed by atoms with E-state index in [0.29, 0.717) is 5.56 Å². The average Bonchev–Trinajstić information content (AvgIpc) is 2.63. The number of thiol groups is 1. The molecule has 0 fully saturated rings. The molecule has 8 heteroatoms. The third-order valence-corrected chi connectivity index (χ3v) is 4.49. The van der Waals surface area contributed by atoms with Gasteiger partial charge < -0.3 is 20.3 Å². The summed E-state index contributed by atoms with van der Waals surface area (Å²) in [6.45, 7) is 14.7. The van der Waals surface area contributed by atoms with Crippen molar-refractivity contribution in [3.63, 3.8) is 0 Å². The van der Waals surface area contributed by atoms with E-state index in [2.05, 4.69) is 29.8 Å². The summed E-state index contributed by atoms with van der Waals surface area (Å²) in [6.07, 6.45) is 0.823. The number of nitrogens with zero attached hydrogens (tertiary/aromatic N) is 1. The Labute approximate surface area is 191 Å². The Hall–Kier alpha value is -2.48. The van der Waals surface area contributed by atoms with Crippen molar-refractivity contribution in [2.75, 3.05) is 12.3 Å². The molecule has 2 N–H and O–H groups in total. The summed E-state index contributed by atoms with van der Waals surface area (Å²) in [6, 6.07) is 5.45. The van der Waals surface area contributed by atoms with Gasteiger partial charge in [-0.2, -0.15) is 12.6 Å². The topological polar surface area (TPSA) is 87.7 Å². The van der Waals surface area contributed by atoms with Crippen LogP contribution in [0, 0.1) is 6.92 Å². The normalized spacial score (nSPS) is 13.2.